The van der Waals surface area contributed by atoms with E-state index in [-0.39, 0.29) is 5.91 Å². The molecule has 1 aromatic heterocycles. The maximum atomic E-state index is 12.6. The minimum absolute atomic E-state index is 0.0564. The molecule has 116 valence electrons. The molecular weight excluding hydrogens is 274 g/mol. The molecule has 2 heterocycles. The van der Waals surface area contributed by atoms with E-state index in [2.05, 4.69) is 31.1 Å². The highest BCUT2D eigenvalue weighted by molar-refractivity contribution is 5.92. The Labute approximate surface area is 131 Å². The average Bonchev–Trinajstić information content (AvgIpc) is 2.90. The summed E-state index contributed by atoms with van der Waals surface area (Å²) in [6.07, 6.45) is 2.17. The van der Waals surface area contributed by atoms with E-state index >= 15 is 0 Å². The van der Waals surface area contributed by atoms with Crippen LogP contribution in [-0.2, 0) is 0 Å². The third-order valence-corrected chi connectivity index (χ3v) is 4.46. The van der Waals surface area contributed by atoms with E-state index in [0.29, 0.717) is 5.69 Å². The van der Waals surface area contributed by atoms with Crippen molar-refractivity contribution in [3.8, 4) is 5.69 Å². The van der Waals surface area contributed by atoms with Gasteiger partial charge in [0.1, 0.15) is 0 Å². The number of hydrogen-bond acceptors (Lipinski definition) is 2. The van der Waals surface area contributed by atoms with Crippen molar-refractivity contribution in [1.82, 2.24) is 14.7 Å². The third-order valence-electron chi connectivity index (χ3n) is 4.46. The zero-order valence-corrected chi connectivity index (χ0v) is 13.5. The largest absolute Gasteiger partial charge is 0.337 e. The smallest absolute Gasteiger partial charge is 0.274 e. The molecular formula is C18H23N3O. The van der Waals surface area contributed by atoms with Crippen LogP contribution in [0.25, 0.3) is 5.69 Å². The molecule has 3 rings (SSSR count). The van der Waals surface area contributed by atoms with E-state index in [9.17, 15) is 4.79 Å². The van der Waals surface area contributed by atoms with Crippen molar-refractivity contribution < 1.29 is 4.79 Å². The van der Waals surface area contributed by atoms with Gasteiger partial charge < -0.3 is 4.90 Å². The third kappa shape index (κ3) is 2.91. The molecule has 2 aromatic rings. The van der Waals surface area contributed by atoms with Gasteiger partial charge in [0.2, 0.25) is 0 Å². The van der Waals surface area contributed by atoms with Gasteiger partial charge >= 0.3 is 0 Å². The van der Waals surface area contributed by atoms with Gasteiger partial charge in [-0.2, -0.15) is 5.10 Å². The Hall–Kier alpha value is -2.10. The van der Waals surface area contributed by atoms with E-state index in [0.717, 1.165) is 43.2 Å². The maximum Gasteiger partial charge on any atom is 0.274 e. The van der Waals surface area contributed by atoms with Crippen molar-refractivity contribution in [2.75, 3.05) is 13.1 Å². The van der Waals surface area contributed by atoms with Crippen LogP contribution in [0.15, 0.2) is 30.3 Å². The number of carbonyl (C=O) groups is 1. The summed E-state index contributed by atoms with van der Waals surface area (Å²) in [6.45, 7) is 7.99. The molecule has 1 fully saturated rings. The number of rotatable bonds is 2. The Morgan fingerprint density at radius 3 is 2.41 bits per heavy atom. The standard InChI is InChI=1S/C18H23N3O/c1-13-4-6-16(7-5-13)21-15(3)12-17(19-21)18(22)20-10-8-14(2)9-11-20/h4-7,12,14H,8-11H2,1-3H3. The molecule has 1 aromatic carbocycles. The molecule has 0 aliphatic carbocycles. The second-order valence-corrected chi connectivity index (χ2v) is 6.39. The summed E-state index contributed by atoms with van der Waals surface area (Å²) in [7, 11) is 0. The normalized spacial score (nSPS) is 16.0. The zero-order valence-electron chi connectivity index (χ0n) is 13.5. The quantitative estimate of drug-likeness (QED) is 0.852. The van der Waals surface area contributed by atoms with Gasteiger partial charge in [0.15, 0.2) is 5.69 Å². The monoisotopic (exact) mass is 297 g/mol. The van der Waals surface area contributed by atoms with Crippen LogP contribution >= 0.6 is 0 Å². The molecule has 0 bridgehead atoms. The predicted molar refractivity (Wildman–Crippen MR) is 87.3 cm³/mol. The zero-order chi connectivity index (χ0) is 15.7. The first-order valence-electron chi connectivity index (χ1n) is 7.97. The van der Waals surface area contributed by atoms with E-state index in [1.165, 1.54) is 5.56 Å². The van der Waals surface area contributed by atoms with Crippen LogP contribution < -0.4 is 0 Å². The molecule has 4 nitrogen and oxygen atoms in total. The predicted octanol–water partition coefficient (Wildman–Crippen LogP) is 3.36. The van der Waals surface area contributed by atoms with Gasteiger partial charge in [-0.05, 0) is 50.8 Å². The van der Waals surface area contributed by atoms with Crippen LogP contribution in [0, 0.1) is 19.8 Å². The summed E-state index contributed by atoms with van der Waals surface area (Å²) in [4.78, 5) is 14.5. The van der Waals surface area contributed by atoms with Gasteiger partial charge in [0, 0.05) is 18.8 Å². The van der Waals surface area contributed by atoms with Crippen LogP contribution in [0.3, 0.4) is 0 Å². The van der Waals surface area contributed by atoms with Crippen LogP contribution in [0.5, 0.6) is 0 Å². The van der Waals surface area contributed by atoms with Crippen molar-refractivity contribution in [2.45, 2.75) is 33.6 Å². The Morgan fingerprint density at radius 2 is 1.77 bits per heavy atom. The molecule has 0 spiro atoms. The number of nitrogens with zero attached hydrogens (tertiary/aromatic N) is 3. The lowest BCUT2D eigenvalue weighted by Gasteiger charge is -2.29. The first-order chi connectivity index (χ1) is 10.5. The number of amides is 1. The molecule has 0 saturated carbocycles. The van der Waals surface area contributed by atoms with Crippen LogP contribution in [0.1, 0.15) is 41.5 Å². The van der Waals surface area contributed by atoms with Gasteiger partial charge in [-0.25, -0.2) is 4.68 Å². The Bertz CT molecular complexity index is 664. The number of likely N-dealkylation sites (tertiary alicyclic amines) is 1. The molecule has 1 aliphatic rings. The molecule has 0 radical (unpaired) electrons. The number of aromatic nitrogens is 2. The molecule has 4 heteroatoms. The lowest BCUT2D eigenvalue weighted by atomic mass is 9.99. The fourth-order valence-corrected chi connectivity index (χ4v) is 2.90. The molecule has 1 saturated heterocycles. The first-order valence-corrected chi connectivity index (χ1v) is 7.97. The van der Waals surface area contributed by atoms with E-state index in [1.54, 1.807) is 0 Å². The highest BCUT2D eigenvalue weighted by Crippen LogP contribution is 2.19. The summed E-state index contributed by atoms with van der Waals surface area (Å²) in [5, 5.41) is 4.53. The summed E-state index contributed by atoms with van der Waals surface area (Å²) >= 11 is 0. The van der Waals surface area contributed by atoms with Crippen molar-refractivity contribution >= 4 is 5.91 Å². The van der Waals surface area contributed by atoms with Crippen molar-refractivity contribution in [3.63, 3.8) is 0 Å². The first kappa shape index (κ1) is 14.8. The minimum atomic E-state index is 0.0564. The van der Waals surface area contributed by atoms with Crippen LogP contribution in [0.4, 0.5) is 0 Å². The summed E-state index contributed by atoms with van der Waals surface area (Å²) in [5.74, 6) is 0.775. The van der Waals surface area contributed by atoms with E-state index < -0.39 is 0 Å². The lowest BCUT2D eigenvalue weighted by molar-refractivity contribution is 0.0691. The van der Waals surface area contributed by atoms with Gasteiger partial charge in [-0.1, -0.05) is 24.6 Å². The van der Waals surface area contributed by atoms with Gasteiger partial charge in [0.25, 0.3) is 5.91 Å². The fourth-order valence-electron chi connectivity index (χ4n) is 2.90. The second-order valence-electron chi connectivity index (χ2n) is 6.39. The van der Waals surface area contributed by atoms with Crippen LogP contribution in [0.2, 0.25) is 0 Å². The van der Waals surface area contributed by atoms with Crippen molar-refractivity contribution in [2.24, 2.45) is 5.92 Å². The molecule has 0 N–H and O–H groups in total. The number of benzene rings is 1. The highest BCUT2D eigenvalue weighted by Gasteiger charge is 2.23. The number of piperidine rings is 1. The molecule has 22 heavy (non-hydrogen) atoms. The summed E-state index contributed by atoms with van der Waals surface area (Å²) in [5.41, 5.74) is 3.74. The van der Waals surface area contributed by atoms with Crippen molar-refractivity contribution in [3.05, 3.63) is 47.3 Å². The molecule has 1 aliphatic heterocycles. The topological polar surface area (TPSA) is 38.1 Å². The second kappa shape index (κ2) is 5.95. The molecule has 1 amide bonds. The molecule has 0 unspecified atom stereocenters. The number of aryl methyl sites for hydroxylation is 2. The SMILES string of the molecule is Cc1ccc(-n2nc(C(=O)N3CCC(C)CC3)cc2C)cc1. The Kier molecular flexibility index (Phi) is 4.01. The summed E-state index contributed by atoms with van der Waals surface area (Å²) in [6, 6.07) is 10.1. The number of carbonyl (C=O) groups excluding carboxylic acids is 1. The summed E-state index contributed by atoms with van der Waals surface area (Å²) < 4.78 is 1.85. The minimum Gasteiger partial charge on any atom is -0.337 e. The average molecular weight is 297 g/mol. The Balaban J connectivity index is 1.82. The van der Waals surface area contributed by atoms with Gasteiger partial charge in [0.05, 0.1) is 5.69 Å². The highest BCUT2D eigenvalue weighted by atomic mass is 16.2. The Morgan fingerprint density at radius 1 is 1.14 bits per heavy atom. The van der Waals surface area contributed by atoms with Crippen molar-refractivity contribution in [1.29, 1.82) is 0 Å². The van der Waals surface area contributed by atoms with Gasteiger partial charge in [-0.3, -0.25) is 4.79 Å². The van der Waals surface area contributed by atoms with Gasteiger partial charge in [-0.15, -0.1) is 0 Å². The van der Waals surface area contributed by atoms with E-state index in [4.69, 9.17) is 0 Å². The fraction of sp³-hybridized carbons (Fsp3) is 0.444. The lowest BCUT2D eigenvalue weighted by Crippen LogP contribution is -2.38. The van der Waals surface area contributed by atoms with Crippen LogP contribution in [-0.4, -0.2) is 33.7 Å². The van der Waals surface area contributed by atoms with E-state index in [1.807, 2.05) is 34.7 Å². The number of hydrogen-bond donors (Lipinski definition) is 0. The maximum absolute atomic E-state index is 12.6. The molecule has 0 atom stereocenters.